The van der Waals surface area contributed by atoms with Gasteiger partial charge in [0.25, 0.3) is 0 Å². The molecule has 1 fully saturated rings. The third-order valence-corrected chi connectivity index (χ3v) is 5.13. The Morgan fingerprint density at radius 2 is 1.17 bits per heavy atom. The predicted molar refractivity (Wildman–Crippen MR) is 108 cm³/mol. The maximum Gasteiger partial charge on any atom is 0.0131 e. The smallest absolute Gasteiger partial charge is 0.0131 e. The molecule has 0 aromatic rings. The molecule has 0 amide bonds. The van der Waals surface area contributed by atoms with Gasteiger partial charge in [-0.25, -0.2) is 5.01 Å². The van der Waals surface area contributed by atoms with Gasteiger partial charge in [0.05, 0.1) is 0 Å². The van der Waals surface area contributed by atoms with Crippen molar-refractivity contribution in [1.29, 1.82) is 0 Å². The molecule has 1 rings (SSSR count). The zero-order valence-corrected chi connectivity index (χ0v) is 16.5. The molecule has 2 nitrogen and oxygen atoms in total. The third kappa shape index (κ3) is 14.0. The Morgan fingerprint density at radius 3 is 1.75 bits per heavy atom. The standard InChI is InChI=1S/C22H44N2/c1-2-3-4-5-6-7-8-9-10-11-12-13-14-15-16-17-20-23-24-21-18-19-22-24/h9-10,23H,2-8,11-22H2,1H3/b10-9-. The monoisotopic (exact) mass is 336 g/mol. The number of nitrogens with zero attached hydrogens (tertiary/aromatic N) is 1. The lowest BCUT2D eigenvalue weighted by Crippen LogP contribution is -2.35. The number of nitrogens with one attached hydrogen (secondary N) is 1. The quantitative estimate of drug-likeness (QED) is 0.237. The molecule has 0 spiro atoms. The van der Waals surface area contributed by atoms with Gasteiger partial charge in [0.1, 0.15) is 0 Å². The minimum Gasteiger partial charge on any atom is -0.255 e. The second-order valence-electron chi connectivity index (χ2n) is 7.54. The highest BCUT2D eigenvalue weighted by Crippen LogP contribution is 2.10. The zero-order valence-electron chi connectivity index (χ0n) is 16.5. The Balaban J connectivity index is 1.68. The molecule has 0 unspecified atom stereocenters. The first-order valence-corrected chi connectivity index (χ1v) is 11.1. The molecule has 0 aromatic carbocycles. The minimum absolute atomic E-state index is 1.18. The van der Waals surface area contributed by atoms with Crippen LogP contribution in [0.4, 0.5) is 0 Å². The van der Waals surface area contributed by atoms with Crippen LogP contribution in [-0.4, -0.2) is 24.6 Å². The van der Waals surface area contributed by atoms with Crippen molar-refractivity contribution in [3.63, 3.8) is 0 Å². The van der Waals surface area contributed by atoms with Crippen LogP contribution in [0.5, 0.6) is 0 Å². The molecule has 0 bridgehead atoms. The highest BCUT2D eigenvalue weighted by Gasteiger charge is 2.09. The number of hydrogen-bond acceptors (Lipinski definition) is 2. The van der Waals surface area contributed by atoms with E-state index in [0.29, 0.717) is 0 Å². The molecule has 24 heavy (non-hydrogen) atoms. The van der Waals surface area contributed by atoms with Crippen LogP contribution in [-0.2, 0) is 0 Å². The SMILES string of the molecule is CCCCCCCC/C=C\CCCCCCCCNN1CCCC1. The summed E-state index contributed by atoms with van der Waals surface area (Å²) < 4.78 is 0. The third-order valence-electron chi connectivity index (χ3n) is 5.13. The number of rotatable bonds is 17. The summed E-state index contributed by atoms with van der Waals surface area (Å²) >= 11 is 0. The lowest BCUT2D eigenvalue weighted by Gasteiger charge is -2.15. The average Bonchev–Trinajstić information content (AvgIpc) is 3.11. The van der Waals surface area contributed by atoms with Gasteiger partial charge < -0.3 is 0 Å². The molecule has 0 aliphatic carbocycles. The Bertz CT molecular complexity index is 269. The molecule has 1 N–H and O–H groups in total. The molecule has 0 atom stereocenters. The van der Waals surface area contributed by atoms with Crippen LogP contribution >= 0.6 is 0 Å². The van der Waals surface area contributed by atoms with E-state index in [1.54, 1.807) is 0 Å². The topological polar surface area (TPSA) is 15.3 Å². The van der Waals surface area contributed by atoms with Gasteiger partial charge in [-0.1, -0.05) is 76.9 Å². The van der Waals surface area contributed by atoms with Crippen molar-refractivity contribution in [3.05, 3.63) is 12.2 Å². The van der Waals surface area contributed by atoms with Gasteiger partial charge >= 0.3 is 0 Å². The van der Waals surface area contributed by atoms with E-state index in [0.717, 1.165) is 0 Å². The Hall–Kier alpha value is -0.340. The first-order valence-electron chi connectivity index (χ1n) is 11.1. The maximum atomic E-state index is 3.56. The molecule has 1 heterocycles. The summed E-state index contributed by atoms with van der Waals surface area (Å²) in [5.74, 6) is 0. The van der Waals surface area contributed by atoms with E-state index in [9.17, 15) is 0 Å². The van der Waals surface area contributed by atoms with Gasteiger partial charge in [-0.05, 0) is 44.9 Å². The number of allylic oxidation sites excluding steroid dienone is 2. The summed E-state index contributed by atoms with van der Waals surface area (Å²) in [6.07, 6.45) is 27.1. The summed E-state index contributed by atoms with van der Waals surface area (Å²) in [5.41, 5.74) is 3.56. The Labute approximate surface area is 152 Å². The number of hydrogen-bond donors (Lipinski definition) is 1. The van der Waals surface area contributed by atoms with Crippen molar-refractivity contribution >= 4 is 0 Å². The van der Waals surface area contributed by atoms with E-state index in [1.165, 1.54) is 122 Å². The highest BCUT2D eigenvalue weighted by atomic mass is 15.5. The van der Waals surface area contributed by atoms with E-state index in [4.69, 9.17) is 0 Å². The fraction of sp³-hybridized carbons (Fsp3) is 0.909. The van der Waals surface area contributed by atoms with Crippen molar-refractivity contribution in [2.24, 2.45) is 0 Å². The highest BCUT2D eigenvalue weighted by molar-refractivity contribution is 4.81. The Kier molecular flexibility index (Phi) is 15.8. The average molecular weight is 337 g/mol. The normalized spacial score (nSPS) is 15.7. The van der Waals surface area contributed by atoms with Crippen molar-refractivity contribution < 1.29 is 0 Å². The van der Waals surface area contributed by atoms with Gasteiger partial charge in [-0.3, -0.25) is 5.43 Å². The predicted octanol–water partition coefficient (Wildman–Crippen LogP) is 6.62. The van der Waals surface area contributed by atoms with Crippen molar-refractivity contribution in [2.75, 3.05) is 19.6 Å². The summed E-state index contributed by atoms with van der Waals surface area (Å²) in [6, 6.07) is 0. The largest absolute Gasteiger partial charge is 0.255 e. The van der Waals surface area contributed by atoms with Crippen LogP contribution in [0, 0.1) is 0 Å². The van der Waals surface area contributed by atoms with Gasteiger partial charge in [0.15, 0.2) is 0 Å². The molecule has 1 saturated heterocycles. The summed E-state index contributed by atoms with van der Waals surface area (Å²) in [4.78, 5) is 0. The number of unbranched alkanes of at least 4 members (excludes halogenated alkanes) is 12. The molecule has 0 aromatic heterocycles. The van der Waals surface area contributed by atoms with Gasteiger partial charge in [0, 0.05) is 19.6 Å². The Morgan fingerprint density at radius 1 is 0.667 bits per heavy atom. The summed E-state index contributed by atoms with van der Waals surface area (Å²) in [5, 5.41) is 2.40. The maximum absolute atomic E-state index is 3.56. The van der Waals surface area contributed by atoms with Crippen LogP contribution in [0.25, 0.3) is 0 Å². The van der Waals surface area contributed by atoms with E-state index in [2.05, 4.69) is 29.5 Å². The van der Waals surface area contributed by atoms with E-state index < -0.39 is 0 Å². The van der Waals surface area contributed by atoms with Gasteiger partial charge in [-0.2, -0.15) is 0 Å². The molecular weight excluding hydrogens is 292 g/mol. The van der Waals surface area contributed by atoms with Crippen LogP contribution in [0.15, 0.2) is 12.2 Å². The molecule has 1 aliphatic heterocycles. The van der Waals surface area contributed by atoms with Crippen molar-refractivity contribution in [2.45, 2.75) is 110 Å². The molecule has 0 saturated carbocycles. The van der Waals surface area contributed by atoms with Crippen LogP contribution in [0.2, 0.25) is 0 Å². The summed E-state index contributed by atoms with van der Waals surface area (Å²) in [6.45, 7) is 5.98. The van der Waals surface area contributed by atoms with Crippen LogP contribution in [0.1, 0.15) is 110 Å². The van der Waals surface area contributed by atoms with Crippen molar-refractivity contribution in [1.82, 2.24) is 10.4 Å². The van der Waals surface area contributed by atoms with Crippen molar-refractivity contribution in [3.8, 4) is 0 Å². The number of hydrazine groups is 1. The first kappa shape index (κ1) is 21.7. The summed E-state index contributed by atoms with van der Waals surface area (Å²) in [7, 11) is 0. The first-order chi connectivity index (χ1) is 11.9. The molecule has 1 aliphatic rings. The fourth-order valence-corrected chi connectivity index (χ4v) is 3.48. The molecule has 2 heteroatoms. The van der Waals surface area contributed by atoms with Gasteiger partial charge in [0.2, 0.25) is 0 Å². The zero-order chi connectivity index (χ0) is 17.1. The van der Waals surface area contributed by atoms with E-state index in [1.807, 2.05) is 0 Å². The van der Waals surface area contributed by atoms with E-state index in [-0.39, 0.29) is 0 Å². The molecular formula is C22H44N2. The fourth-order valence-electron chi connectivity index (χ4n) is 3.48. The second-order valence-corrected chi connectivity index (χ2v) is 7.54. The van der Waals surface area contributed by atoms with E-state index >= 15 is 0 Å². The lowest BCUT2D eigenvalue weighted by molar-refractivity contribution is 0.233. The van der Waals surface area contributed by atoms with Crippen LogP contribution in [0.3, 0.4) is 0 Å². The van der Waals surface area contributed by atoms with Gasteiger partial charge in [-0.15, -0.1) is 0 Å². The minimum atomic E-state index is 1.18. The molecule has 0 radical (unpaired) electrons. The van der Waals surface area contributed by atoms with Crippen LogP contribution < -0.4 is 5.43 Å². The second kappa shape index (κ2) is 17.5. The molecule has 142 valence electrons. The lowest BCUT2D eigenvalue weighted by atomic mass is 10.1.